The third-order valence-electron chi connectivity index (χ3n) is 10.9. The lowest BCUT2D eigenvalue weighted by atomic mass is 9.43. The molecule has 1 saturated heterocycles. The van der Waals surface area contributed by atoms with Crippen LogP contribution in [0.1, 0.15) is 64.4 Å². The number of halogens is 2. The number of nitrogens with one attached hydrogen (secondary N) is 2. The second kappa shape index (κ2) is 8.38. The molecular weight excluding hydrogens is 448 g/mol. The molecule has 7 heteroatoms. The van der Waals surface area contributed by atoms with E-state index in [1.807, 2.05) is 0 Å². The Hall–Kier alpha value is -2.31. The minimum Gasteiger partial charge on any atom is -0.352 e. The fraction of sp³-hybridized carbons (Fsp3) is 0.679. The van der Waals surface area contributed by atoms with Gasteiger partial charge in [-0.15, -0.1) is 0 Å². The topological polar surface area (TPSA) is 73.3 Å². The highest BCUT2D eigenvalue weighted by atomic mass is 19.1. The van der Waals surface area contributed by atoms with Gasteiger partial charge in [-0.3, -0.25) is 9.59 Å². The molecule has 8 atom stereocenters. The standard InChI is InChI=1S/C28H37F2N3O2/c1-26-12-11-20-18(10-13-28(16-31)27(20,2)14-23(30)25(35)33(28)3)19(26)8-9-21(26)24(34)32-15-17-6-4-5-7-22(17)29/h4-7,16,18-21,23,31H,8-15H2,1-3H3,(H,32,34)/t18?,19-,20?,21+,23+,26-,27+,28-/m0/s1. The molecule has 1 heterocycles. The summed E-state index contributed by atoms with van der Waals surface area (Å²) >= 11 is 0. The number of benzene rings is 1. The summed E-state index contributed by atoms with van der Waals surface area (Å²) < 4.78 is 29.0. The molecule has 4 fully saturated rings. The van der Waals surface area contributed by atoms with Crippen LogP contribution in [0.2, 0.25) is 0 Å². The van der Waals surface area contributed by atoms with Gasteiger partial charge in [0.25, 0.3) is 5.91 Å². The molecule has 1 aromatic carbocycles. The van der Waals surface area contributed by atoms with E-state index in [2.05, 4.69) is 19.2 Å². The molecule has 2 unspecified atom stereocenters. The number of carbonyl (C=O) groups is 2. The van der Waals surface area contributed by atoms with Crippen LogP contribution in [0.5, 0.6) is 0 Å². The molecular formula is C28H37F2N3O2. The van der Waals surface area contributed by atoms with Crippen molar-refractivity contribution in [2.75, 3.05) is 7.05 Å². The summed E-state index contributed by atoms with van der Waals surface area (Å²) in [6.45, 7) is 4.52. The Morgan fingerprint density at radius 3 is 2.63 bits per heavy atom. The predicted molar refractivity (Wildman–Crippen MR) is 130 cm³/mol. The number of rotatable bonds is 4. The van der Waals surface area contributed by atoms with Crippen LogP contribution in [0.4, 0.5) is 8.78 Å². The molecule has 0 bridgehead atoms. The van der Waals surface area contributed by atoms with Gasteiger partial charge in [-0.05, 0) is 74.2 Å². The van der Waals surface area contributed by atoms with Gasteiger partial charge in [0.1, 0.15) is 5.82 Å². The van der Waals surface area contributed by atoms with E-state index in [-0.39, 0.29) is 41.9 Å². The van der Waals surface area contributed by atoms with E-state index in [4.69, 9.17) is 5.41 Å². The lowest BCUT2D eigenvalue weighted by Gasteiger charge is -2.66. The van der Waals surface area contributed by atoms with Crippen LogP contribution in [0.3, 0.4) is 0 Å². The second-order valence-corrected chi connectivity index (χ2v) is 12.0. The maximum atomic E-state index is 14.9. The van der Waals surface area contributed by atoms with E-state index in [0.717, 1.165) is 32.1 Å². The lowest BCUT2D eigenvalue weighted by Crippen LogP contribution is -2.72. The maximum Gasteiger partial charge on any atom is 0.257 e. The Morgan fingerprint density at radius 1 is 1.17 bits per heavy atom. The Bertz CT molecular complexity index is 1050. The first kappa shape index (κ1) is 24.4. The minimum absolute atomic E-state index is 0.000573. The molecule has 4 aliphatic rings. The van der Waals surface area contributed by atoms with Crippen molar-refractivity contribution in [2.24, 2.45) is 34.5 Å². The van der Waals surface area contributed by atoms with Crippen LogP contribution in [0.15, 0.2) is 24.3 Å². The van der Waals surface area contributed by atoms with Gasteiger partial charge in [0, 0.05) is 36.7 Å². The highest BCUT2D eigenvalue weighted by Gasteiger charge is 2.68. The molecule has 35 heavy (non-hydrogen) atoms. The van der Waals surface area contributed by atoms with Crippen LogP contribution >= 0.6 is 0 Å². The summed E-state index contributed by atoms with van der Waals surface area (Å²) in [4.78, 5) is 27.4. The number of alkyl halides is 1. The summed E-state index contributed by atoms with van der Waals surface area (Å²) in [5, 5.41) is 11.3. The van der Waals surface area contributed by atoms with Gasteiger partial charge in [0.2, 0.25) is 5.91 Å². The first-order valence-electron chi connectivity index (χ1n) is 13.0. The number of nitrogens with zero attached hydrogens (tertiary/aromatic N) is 1. The van der Waals surface area contributed by atoms with Crippen LogP contribution in [0, 0.1) is 45.7 Å². The van der Waals surface area contributed by atoms with Gasteiger partial charge in [0.05, 0.1) is 5.54 Å². The Morgan fingerprint density at radius 2 is 1.91 bits per heavy atom. The summed E-state index contributed by atoms with van der Waals surface area (Å²) in [6.07, 6.45) is 5.11. The van der Waals surface area contributed by atoms with Gasteiger partial charge in [0.15, 0.2) is 6.17 Å². The molecule has 0 spiro atoms. The number of piperidine rings is 1. The van der Waals surface area contributed by atoms with Gasteiger partial charge in [-0.25, -0.2) is 8.78 Å². The number of hydrogen-bond acceptors (Lipinski definition) is 3. The molecule has 2 N–H and O–H groups in total. The summed E-state index contributed by atoms with van der Waals surface area (Å²) in [7, 11) is 1.66. The monoisotopic (exact) mass is 485 g/mol. The van der Waals surface area contributed by atoms with E-state index in [1.54, 1.807) is 25.2 Å². The average molecular weight is 486 g/mol. The first-order chi connectivity index (χ1) is 16.6. The molecule has 5 rings (SSSR count). The summed E-state index contributed by atoms with van der Waals surface area (Å²) in [6, 6.07) is 6.52. The highest BCUT2D eigenvalue weighted by molar-refractivity contribution is 5.88. The summed E-state index contributed by atoms with van der Waals surface area (Å²) in [5.41, 5.74) is -0.889. The largest absolute Gasteiger partial charge is 0.352 e. The predicted octanol–water partition coefficient (Wildman–Crippen LogP) is 4.89. The molecule has 190 valence electrons. The average Bonchev–Trinajstić information content (AvgIpc) is 3.19. The van der Waals surface area contributed by atoms with Crippen LogP contribution in [-0.4, -0.2) is 41.7 Å². The van der Waals surface area contributed by atoms with Crippen molar-refractivity contribution < 1.29 is 18.4 Å². The van der Waals surface area contributed by atoms with Gasteiger partial charge < -0.3 is 15.6 Å². The molecule has 0 aromatic heterocycles. The van der Waals surface area contributed by atoms with Crippen molar-refractivity contribution in [3.05, 3.63) is 35.6 Å². The van der Waals surface area contributed by atoms with Crippen LogP contribution in [-0.2, 0) is 16.1 Å². The maximum absolute atomic E-state index is 14.9. The normalized spacial score (nSPS) is 42.6. The molecule has 3 aliphatic carbocycles. The third-order valence-corrected chi connectivity index (χ3v) is 10.9. The zero-order valence-electron chi connectivity index (χ0n) is 20.9. The van der Waals surface area contributed by atoms with E-state index in [1.165, 1.54) is 17.2 Å². The van der Waals surface area contributed by atoms with Crippen LogP contribution < -0.4 is 5.32 Å². The number of amides is 2. The van der Waals surface area contributed by atoms with Gasteiger partial charge >= 0.3 is 0 Å². The van der Waals surface area contributed by atoms with Crippen molar-refractivity contribution in [3.63, 3.8) is 0 Å². The molecule has 2 amide bonds. The van der Waals surface area contributed by atoms with E-state index in [9.17, 15) is 18.4 Å². The Labute approximate surface area is 206 Å². The number of fused-ring (bicyclic) bond motifs is 5. The number of likely N-dealkylation sites (tertiary alicyclic amines) is 1. The molecule has 5 nitrogen and oxygen atoms in total. The Kier molecular flexibility index (Phi) is 5.84. The van der Waals surface area contributed by atoms with Crippen molar-refractivity contribution >= 4 is 18.0 Å². The fourth-order valence-electron chi connectivity index (χ4n) is 8.93. The smallest absolute Gasteiger partial charge is 0.257 e. The fourth-order valence-corrected chi connectivity index (χ4v) is 8.93. The molecule has 1 aromatic rings. The van der Waals surface area contributed by atoms with Gasteiger partial charge in [-0.1, -0.05) is 32.0 Å². The summed E-state index contributed by atoms with van der Waals surface area (Å²) in [5.74, 6) is -0.0121. The molecule has 3 saturated carbocycles. The SMILES string of the molecule is CN1C(=O)[C@H](F)C[C@]2(C)C3CC[C@]4(C)[C@@H](C(=O)NCc5ccccc5F)CC[C@H]4C3CC[C@@]12C=N. The van der Waals surface area contributed by atoms with Crippen molar-refractivity contribution in [3.8, 4) is 0 Å². The molecule has 0 radical (unpaired) electrons. The number of carbonyl (C=O) groups excluding carboxylic acids is 2. The Balaban J connectivity index is 1.37. The van der Waals surface area contributed by atoms with Crippen molar-refractivity contribution in [1.29, 1.82) is 5.41 Å². The third kappa shape index (κ3) is 3.32. The quantitative estimate of drug-likeness (QED) is 0.596. The van der Waals surface area contributed by atoms with E-state index >= 15 is 0 Å². The first-order valence-corrected chi connectivity index (χ1v) is 13.0. The minimum atomic E-state index is -1.52. The van der Waals surface area contributed by atoms with Crippen molar-refractivity contribution in [2.45, 2.75) is 77.0 Å². The highest BCUT2D eigenvalue weighted by Crippen LogP contribution is 2.68. The molecule has 1 aliphatic heterocycles. The van der Waals surface area contributed by atoms with Gasteiger partial charge in [-0.2, -0.15) is 0 Å². The van der Waals surface area contributed by atoms with E-state index in [0.29, 0.717) is 23.8 Å². The second-order valence-electron chi connectivity index (χ2n) is 12.0. The lowest BCUT2D eigenvalue weighted by molar-refractivity contribution is -0.180. The zero-order valence-corrected chi connectivity index (χ0v) is 20.9. The zero-order chi connectivity index (χ0) is 25.2. The van der Waals surface area contributed by atoms with Crippen LogP contribution in [0.25, 0.3) is 0 Å². The van der Waals surface area contributed by atoms with E-state index < -0.39 is 23.0 Å². The van der Waals surface area contributed by atoms with Crippen molar-refractivity contribution in [1.82, 2.24) is 10.2 Å². The number of hydrogen-bond donors (Lipinski definition) is 2.